The topological polar surface area (TPSA) is 9.23 Å². The van der Waals surface area contributed by atoms with Crippen molar-refractivity contribution >= 4 is 8.32 Å². The fraction of sp³-hybridized carbons (Fsp3) is 0.692. The van der Waals surface area contributed by atoms with Crippen molar-refractivity contribution in [3.8, 4) is 0 Å². The SMILES string of the molecule is C=CC=CCC(CCCC)O[Si](C)(C)C. The van der Waals surface area contributed by atoms with Gasteiger partial charge in [-0.25, -0.2) is 0 Å². The maximum absolute atomic E-state index is 6.14. The van der Waals surface area contributed by atoms with Crippen molar-refractivity contribution in [1.29, 1.82) is 0 Å². The zero-order chi connectivity index (χ0) is 11.7. The van der Waals surface area contributed by atoms with E-state index in [4.69, 9.17) is 4.43 Å². The van der Waals surface area contributed by atoms with E-state index >= 15 is 0 Å². The molecule has 0 rings (SSSR count). The van der Waals surface area contributed by atoms with E-state index in [0.29, 0.717) is 6.10 Å². The molecular weight excluding hydrogens is 200 g/mol. The summed E-state index contributed by atoms with van der Waals surface area (Å²) in [5.41, 5.74) is 0. The van der Waals surface area contributed by atoms with Crippen LogP contribution in [-0.2, 0) is 4.43 Å². The van der Waals surface area contributed by atoms with E-state index in [1.54, 1.807) is 0 Å². The van der Waals surface area contributed by atoms with Crippen LogP contribution in [0.4, 0.5) is 0 Å². The van der Waals surface area contributed by atoms with Gasteiger partial charge in [-0.2, -0.15) is 0 Å². The van der Waals surface area contributed by atoms with Crippen molar-refractivity contribution < 1.29 is 4.43 Å². The Morgan fingerprint density at radius 2 is 2.00 bits per heavy atom. The summed E-state index contributed by atoms with van der Waals surface area (Å²) in [4.78, 5) is 0. The molecule has 1 atom stereocenters. The maximum atomic E-state index is 6.14. The van der Waals surface area contributed by atoms with Gasteiger partial charge in [-0.1, -0.05) is 44.6 Å². The third-order valence-corrected chi connectivity index (χ3v) is 3.11. The van der Waals surface area contributed by atoms with Crippen LogP contribution in [0.15, 0.2) is 24.8 Å². The summed E-state index contributed by atoms with van der Waals surface area (Å²) in [7, 11) is -1.39. The number of unbranched alkanes of at least 4 members (excludes halogenated alkanes) is 1. The van der Waals surface area contributed by atoms with Gasteiger partial charge in [0, 0.05) is 6.10 Å². The molecule has 0 aromatic carbocycles. The van der Waals surface area contributed by atoms with Crippen molar-refractivity contribution in [2.24, 2.45) is 0 Å². The summed E-state index contributed by atoms with van der Waals surface area (Å²) in [5.74, 6) is 0. The number of rotatable bonds is 8. The maximum Gasteiger partial charge on any atom is 0.184 e. The smallest absolute Gasteiger partial charge is 0.184 e. The van der Waals surface area contributed by atoms with E-state index < -0.39 is 8.32 Å². The van der Waals surface area contributed by atoms with Gasteiger partial charge in [-0.3, -0.25) is 0 Å². The van der Waals surface area contributed by atoms with Gasteiger partial charge in [0.15, 0.2) is 8.32 Å². The lowest BCUT2D eigenvalue weighted by atomic mass is 10.1. The van der Waals surface area contributed by atoms with Crippen LogP contribution in [0.5, 0.6) is 0 Å². The second-order valence-corrected chi connectivity index (χ2v) is 9.35. The summed E-state index contributed by atoms with van der Waals surface area (Å²) < 4.78 is 6.14. The molecular formula is C13H26OSi. The highest BCUT2D eigenvalue weighted by Crippen LogP contribution is 2.16. The van der Waals surface area contributed by atoms with Crippen LogP contribution in [0.2, 0.25) is 19.6 Å². The Kier molecular flexibility index (Phi) is 7.70. The van der Waals surface area contributed by atoms with Crippen molar-refractivity contribution in [2.45, 2.75) is 58.4 Å². The van der Waals surface area contributed by atoms with Crippen LogP contribution < -0.4 is 0 Å². The van der Waals surface area contributed by atoms with Gasteiger partial charge in [0.05, 0.1) is 0 Å². The largest absolute Gasteiger partial charge is 0.414 e. The standard InChI is InChI=1S/C13H26OSi/c1-6-8-10-12-13(11-9-7-2)14-15(3,4)5/h6,8,10,13H,1,7,9,11-12H2,2-5H3. The molecule has 1 unspecified atom stereocenters. The molecule has 0 aliphatic heterocycles. The summed E-state index contributed by atoms with van der Waals surface area (Å²) in [6.07, 6.45) is 11.1. The summed E-state index contributed by atoms with van der Waals surface area (Å²) >= 11 is 0. The lowest BCUT2D eigenvalue weighted by Crippen LogP contribution is -2.31. The van der Waals surface area contributed by atoms with E-state index in [1.807, 2.05) is 12.2 Å². The van der Waals surface area contributed by atoms with Crippen LogP contribution in [0, 0.1) is 0 Å². The molecule has 0 aromatic rings. The van der Waals surface area contributed by atoms with Crippen molar-refractivity contribution in [2.75, 3.05) is 0 Å². The molecule has 0 spiro atoms. The van der Waals surface area contributed by atoms with Crippen molar-refractivity contribution in [1.82, 2.24) is 0 Å². The molecule has 0 radical (unpaired) electrons. The third-order valence-electron chi connectivity index (χ3n) is 2.07. The minimum absolute atomic E-state index is 0.410. The fourth-order valence-electron chi connectivity index (χ4n) is 1.48. The molecule has 0 saturated heterocycles. The van der Waals surface area contributed by atoms with E-state index in [-0.39, 0.29) is 0 Å². The molecule has 0 saturated carbocycles. The van der Waals surface area contributed by atoms with Crippen LogP contribution in [-0.4, -0.2) is 14.4 Å². The van der Waals surface area contributed by atoms with E-state index in [9.17, 15) is 0 Å². The van der Waals surface area contributed by atoms with Gasteiger partial charge in [0.2, 0.25) is 0 Å². The highest BCUT2D eigenvalue weighted by Gasteiger charge is 2.19. The minimum atomic E-state index is -1.39. The first kappa shape index (κ1) is 14.7. The zero-order valence-corrected chi connectivity index (χ0v) is 11.8. The summed E-state index contributed by atoms with van der Waals surface area (Å²) in [5, 5.41) is 0. The Morgan fingerprint density at radius 3 is 2.47 bits per heavy atom. The Labute approximate surface area is 96.4 Å². The molecule has 2 heteroatoms. The van der Waals surface area contributed by atoms with Gasteiger partial charge in [-0.05, 0) is 32.5 Å². The molecule has 0 heterocycles. The molecule has 0 bridgehead atoms. The first-order valence-corrected chi connectivity index (χ1v) is 9.35. The predicted octanol–water partition coefficient (Wildman–Crippen LogP) is 4.53. The Bertz CT molecular complexity index is 191. The molecule has 88 valence electrons. The molecule has 15 heavy (non-hydrogen) atoms. The Hall–Kier alpha value is -0.343. The van der Waals surface area contributed by atoms with Crippen molar-refractivity contribution in [3.05, 3.63) is 24.8 Å². The van der Waals surface area contributed by atoms with Gasteiger partial charge in [0.1, 0.15) is 0 Å². The molecule has 0 aromatic heterocycles. The second kappa shape index (κ2) is 7.89. The minimum Gasteiger partial charge on any atom is -0.414 e. The lowest BCUT2D eigenvalue weighted by Gasteiger charge is -2.25. The molecule has 0 fully saturated rings. The monoisotopic (exact) mass is 226 g/mol. The van der Waals surface area contributed by atoms with Crippen molar-refractivity contribution in [3.63, 3.8) is 0 Å². The summed E-state index contributed by atoms with van der Waals surface area (Å²) in [6.45, 7) is 12.7. The molecule has 0 N–H and O–H groups in total. The number of allylic oxidation sites excluding steroid dienone is 2. The highest BCUT2D eigenvalue weighted by atomic mass is 28.4. The molecule has 0 aliphatic carbocycles. The van der Waals surface area contributed by atoms with Gasteiger partial charge >= 0.3 is 0 Å². The van der Waals surface area contributed by atoms with Gasteiger partial charge in [0.25, 0.3) is 0 Å². The Balaban J connectivity index is 4.05. The van der Waals surface area contributed by atoms with E-state index in [1.165, 1.54) is 19.3 Å². The quantitative estimate of drug-likeness (QED) is 0.436. The zero-order valence-electron chi connectivity index (χ0n) is 10.8. The summed E-state index contributed by atoms with van der Waals surface area (Å²) in [6, 6.07) is 0. The fourth-order valence-corrected chi connectivity index (χ4v) is 2.70. The molecule has 0 amide bonds. The average Bonchev–Trinajstić information content (AvgIpc) is 2.12. The average molecular weight is 226 g/mol. The van der Waals surface area contributed by atoms with E-state index in [0.717, 1.165) is 6.42 Å². The first-order valence-electron chi connectivity index (χ1n) is 5.95. The molecule has 1 nitrogen and oxygen atoms in total. The van der Waals surface area contributed by atoms with E-state index in [2.05, 4.69) is 39.2 Å². The van der Waals surface area contributed by atoms with Crippen LogP contribution in [0.1, 0.15) is 32.6 Å². The van der Waals surface area contributed by atoms with Gasteiger partial charge < -0.3 is 4.43 Å². The lowest BCUT2D eigenvalue weighted by molar-refractivity contribution is 0.183. The Morgan fingerprint density at radius 1 is 1.33 bits per heavy atom. The number of hydrogen-bond acceptors (Lipinski definition) is 1. The normalized spacial score (nSPS) is 14.4. The van der Waals surface area contributed by atoms with Gasteiger partial charge in [-0.15, -0.1) is 0 Å². The predicted molar refractivity (Wildman–Crippen MR) is 71.7 cm³/mol. The van der Waals surface area contributed by atoms with Crippen LogP contribution in [0.25, 0.3) is 0 Å². The highest BCUT2D eigenvalue weighted by molar-refractivity contribution is 6.69. The van der Waals surface area contributed by atoms with Crippen LogP contribution >= 0.6 is 0 Å². The first-order chi connectivity index (χ1) is 6.99. The number of hydrogen-bond donors (Lipinski definition) is 0. The molecule has 0 aliphatic rings. The third kappa shape index (κ3) is 9.95. The second-order valence-electron chi connectivity index (χ2n) is 4.89. The van der Waals surface area contributed by atoms with Crippen LogP contribution in [0.3, 0.4) is 0 Å².